The molecule has 0 aliphatic rings. The van der Waals surface area contributed by atoms with Crippen LogP contribution in [-0.2, 0) is 19.3 Å². The zero-order valence-electron chi connectivity index (χ0n) is 11.8. The van der Waals surface area contributed by atoms with E-state index >= 15 is 0 Å². The minimum absolute atomic E-state index is 0.308. The van der Waals surface area contributed by atoms with Gasteiger partial charge >= 0.3 is 0 Å². The fourth-order valence-corrected chi connectivity index (χ4v) is 3.72. The molecule has 20 heavy (non-hydrogen) atoms. The van der Waals surface area contributed by atoms with Crippen LogP contribution in [0.15, 0.2) is 17.5 Å². The lowest BCUT2D eigenvalue weighted by Gasteiger charge is -2.16. The van der Waals surface area contributed by atoms with Crippen LogP contribution < -0.4 is 0 Å². The van der Waals surface area contributed by atoms with Crippen LogP contribution in [0, 0.1) is 6.92 Å². The highest BCUT2D eigenvalue weighted by Crippen LogP contribution is 2.27. The minimum Gasteiger partial charge on any atom is -0.309 e. The molecule has 0 aliphatic heterocycles. The van der Waals surface area contributed by atoms with Crippen LogP contribution in [0.5, 0.6) is 0 Å². The number of thiophene rings is 1. The number of rotatable bonds is 4. The third kappa shape index (κ3) is 2.15. The lowest BCUT2D eigenvalue weighted by molar-refractivity contribution is 0.533. The summed E-state index contributed by atoms with van der Waals surface area (Å²) < 4.78 is 4.13. The van der Waals surface area contributed by atoms with Gasteiger partial charge in [-0.2, -0.15) is 5.10 Å². The Kier molecular flexibility index (Phi) is 3.56. The van der Waals surface area contributed by atoms with E-state index in [-0.39, 0.29) is 0 Å². The molecule has 1 atom stereocenters. The second-order valence-electron chi connectivity index (χ2n) is 5.05. The van der Waals surface area contributed by atoms with Crippen molar-refractivity contribution >= 4 is 34.1 Å². The van der Waals surface area contributed by atoms with Crippen molar-refractivity contribution in [3.63, 3.8) is 0 Å². The van der Waals surface area contributed by atoms with Gasteiger partial charge in [0.1, 0.15) is 11.3 Å². The first-order chi connectivity index (χ1) is 9.61. The van der Waals surface area contributed by atoms with E-state index in [9.17, 15) is 0 Å². The van der Waals surface area contributed by atoms with Gasteiger partial charge in [-0.15, -0.1) is 22.9 Å². The standard InChI is InChI=1S/C14H17ClN4S/c1-9(7-11-5-4-6-20-11)19-12(8-15)16-13-10(2)17-18(3)14(13)19/h4-6,9H,7-8H2,1-3H3. The van der Waals surface area contributed by atoms with Gasteiger partial charge in [0.2, 0.25) is 0 Å². The number of alkyl halides is 1. The normalized spacial score (nSPS) is 13.2. The molecule has 0 aliphatic carbocycles. The van der Waals surface area contributed by atoms with Crippen LogP contribution in [0.3, 0.4) is 0 Å². The summed E-state index contributed by atoms with van der Waals surface area (Å²) in [6.45, 7) is 4.20. The second kappa shape index (κ2) is 5.22. The van der Waals surface area contributed by atoms with Crippen molar-refractivity contribution in [2.24, 2.45) is 7.05 Å². The maximum absolute atomic E-state index is 6.08. The molecule has 3 aromatic heterocycles. The van der Waals surface area contributed by atoms with E-state index in [1.54, 1.807) is 11.3 Å². The molecule has 0 radical (unpaired) electrons. The minimum atomic E-state index is 0.308. The Morgan fingerprint density at radius 3 is 2.90 bits per heavy atom. The fraction of sp³-hybridized carbons (Fsp3) is 0.429. The summed E-state index contributed by atoms with van der Waals surface area (Å²) in [5.41, 5.74) is 2.97. The predicted molar refractivity (Wildman–Crippen MR) is 83.5 cm³/mol. The summed E-state index contributed by atoms with van der Waals surface area (Å²) in [7, 11) is 1.96. The Morgan fingerprint density at radius 1 is 1.45 bits per heavy atom. The van der Waals surface area contributed by atoms with Gasteiger partial charge in [0.05, 0.1) is 11.6 Å². The first-order valence-corrected chi connectivity index (χ1v) is 8.02. The zero-order valence-corrected chi connectivity index (χ0v) is 13.4. The van der Waals surface area contributed by atoms with Crippen LogP contribution in [-0.4, -0.2) is 19.3 Å². The molecule has 1 unspecified atom stereocenters. The average Bonchev–Trinajstić information content (AvgIpc) is 3.08. The predicted octanol–water partition coefficient (Wildman–Crippen LogP) is 3.68. The van der Waals surface area contributed by atoms with E-state index in [0.717, 1.165) is 29.1 Å². The smallest absolute Gasteiger partial charge is 0.158 e. The highest BCUT2D eigenvalue weighted by Gasteiger charge is 2.20. The molecule has 0 spiro atoms. The van der Waals surface area contributed by atoms with Crippen molar-refractivity contribution in [3.05, 3.63) is 33.9 Å². The van der Waals surface area contributed by atoms with Crippen LogP contribution in [0.1, 0.15) is 29.4 Å². The van der Waals surface area contributed by atoms with Gasteiger partial charge in [-0.3, -0.25) is 4.68 Å². The van der Waals surface area contributed by atoms with Crippen LogP contribution in [0.2, 0.25) is 0 Å². The van der Waals surface area contributed by atoms with Gasteiger partial charge in [-0.05, 0) is 25.3 Å². The van der Waals surface area contributed by atoms with Crippen molar-refractivity contribution in [1.29, 1.82) is 0 Å². The molecule has 3 heterocycles. The number of aromatic nitrogens is 4. The van der Waals surface area contributed by atoms with Gasteiger partial charge in [0.15, 0.2) is 5.65 Å². The van der Waals surface area contributed by atoms with E-state index in [2.05, 4.69) is 39.1 Å². The molecule has 3 rings (SSSR count). The zero-order chi connectivity index (χ0) is 14.3. The Balaban J connectivity index is 2.08. The van der Waals surface area contributed by atoms with Crippen molar-refractivity contribution in [1.82, 2.24) is 19.3 Å². The van der Waals surface area contributed by atoms with E-state index in [0.29, 0.717) is 11.9 Å². The number of fused-ring (bicyclic) bond motifs is 1. The van der Waals surface area contributed by atoms with Crippen molar-refractivity contribution < 1.29 is 0 Å². The van der Waals surface area contributed by atoms with Crippen LogP contribution >= 0.6 is 22.9 Å². The summed E-state index contributed by atoms with van der Waals surface area (Å²) in [5, 5.41) is 6.57. The van der Waals surface area contributed by atoms with Crippen LogP contribution in [0.4, 0.5) is 0 Å². The quantitative estimate of drug-likeness (QED) is 0.689. The molecule has 0 saturated heterocycles. The molecule has 0 saturated carbocycles. The van der Waals surface area contributed by atoms with E-state index in [4.69, 9.17) is 11.6 Å². The number of imidazole rings is 1. The lowest BCUT2D eigenvalue weighted by Crippen LogP contribution is -2.13. The van der Waals surface area contributed by atoms with E-state index < -0.39 is 0 Å². The largest absolute Gasteiger partial charge is 0.309 e. The number of aryl methyl sites for hydroxylation is 2. The Bertz CT molecular complexity index is 726. The molecular weight excluding hydrogens is 292 g/mol. The van der Waals surface area contributed by atoms with Crippen molar-refractivity contribution in [2.45, 2.75) is 32.2 Å². The van der Waals surface area contributed by atoms with Crippen LogP contribution in [0.25, 0.3) is 11.2 Å². The molecular formula is C14H17ClN4S. The lowest BCUT2D eigenvalue weighted by atomic mass is 10.2. The van der Waals surface area contributed by atoms with Crippen molar-refractivity contribution in [3.8, 4) is 0 Å². The third-order valence-electron chi connectivity index (χ3n) is 3.55. The number of hydrogen-bond acceptors (Lipinski definition) is 3. The molecule has 0 aromatic carbocycles. The maximum Gasteiger partial charge on any atom is 0.158 e. The fourth-order valence-electron chi connectivity index (χ4n) is 2.71. The Morgan fingerprint density at radius 2 is 2.25 bits per heavy atom. The molecule has 0 amide bonds. The van der Waals surface area contributed by atoms with Gasteiger partial charge in [0.25, 0.3) is 0 Å². The van der Waals surface area contributed by atoms with Gasteiger partial charge in [0, 0.05) is 24.4 Å². The summed E-state index contributed by atoms with van der Waals surface area (Å²) >= 11 is 7.87. The Hall–Kier alpha value is -1.33. The molecule has 0 bridgehead atoms. The van der Waals surface area contributed by atoms with Crippen molar-refractivity contribution in [2.75, 3.05) is 0 Å². The van der Waals surface area contributed by atoms with E-state index in [1.165, 1.54) is 4.88 Å². The molecule has 0 N–H and O–H groups in total. The topological polar surface area (TPSA) is 35.6 Å². The second-order valence-corrected chi connectivity index (χ2v) is 6.34. The van der Waals surface area contributed by atoms with Gasteiger partial charge in [-0.1, -0.05) is 6.07 Å². The molecule has 4 nitrogen and oxygen atoms in total. The number of halogens is 1. The molecule has 106 valence electrons. The summed E-state index contributed by atoms with van der Waals surface area (Å²) in [6, 6.07) is 4.57. The molecule has 3 aromatic rings. The van der Waals surface area contributed by atoms with E-state index in [1.807, 2.05) is 18.7 Å². The first kappa shape index (κ1) is 13.6. The Labute approximate surface area is 127 Å². The monoisotopic (exact) mass is 308 g/mol. The molecule has 6 heteroatoms. The number of hydrogen-bond donors (Lipinski definition) is 0. The summed E-state index contributed by atoms with van der Waals surface area (Å²) in [5.74, 6) is 1.34. The third-order valence-corrected chi connectivity index (χ3v) is 4.68. The summed E-state index contributed by atoms with van der Waals surface area (Å²) in [6.07, 6.45) is 0.983. The summed E-state index contributed by atoms with van der Waals surface area (Å²) in [4.78, 5) is 6.03. The highest BCUT2D eigenvalue weighted by atomic mass is 35.5. The maximum atomic E-state index is 6.08. The highest BCUT2D eigenvalue weighted by molar-refractivity contribution is 7.09. The molecule has 0 fully saturated rings. The van der Waals surface area contributed by atoms with Gasteiger partial charge in [-0.25, -0.2) is 4.98 Å². The SMILES string of the molecule is Cc1nn(C)c2c1nc(CCl)n2C(C)Cc1cccs1. The average molecular weight is 309 g/mol. The number of nitrogens with zero attached hydrogens (tertiary/aromatic N) is 4. The first-order valence-electron chi connectivity index (χ1n) is 6.60. The van der Waals surface area contributed by atoms with Gasteiger partial charge < -0.3 is 4.57 Å².